The highest BCUT2D eigenvalue weighted by Crippen LogP contribution is 2.21. The van der Waals surface area contributed by atoms with Crippen molar-refractivity contribution < 1.29 is 20.1 Å². The summed E-state index contributed by atoms with van der Waals surface area (Å²) < 4.78 is 5.77. The minimum absolute atomic E-state index is 0.165. The van der Waals surface area contributed by atoms with Crippen molar-refractivity contribution in [2.24, 2.45) is 0 Å². The van der Waals surface area contributed by atoms with Gasteiger partial charge >= 0.3 is 5.69 Å². The lowest BCUT2D eigenvalue weighted by Crippen LogP contribution is -2.55. The third-order valence-corrected chi connectivity index (χ3v) is 3.27. The van der Waals surface area contributed by atoms with E-state index in [2.05, 4.69) is 20.9 Å². The summed E-state index contributed by atoms with van der Waals surface area (Å²) in [5.41, 5.74) is -1.30. The van der Waals surface area contributed by atoms with Gasteiger partial charge in [0, 0.05) is 6.20 Å². The van der Waals surface area contributed by atoms with Gasteiger partial charge in [0.05, 0.1) is 12.2 Å². The number of rotatable bonds is 2. The van der Waals surface area contributed by atoms with Crippen LogP contribution in [0, 0.1) is 0 Å². The molecule has 0 aromatic carbocycles. The first-order valence-electron chi connectivity index (χ1n) is 5.74. The summed E-state index contributed by atoms with van der Waals surface area (Å²) in [7, 11) is 0. The molecule has 1 saturated heterocycles. The van der Waals surface area contributed by atoms with E-state index >= 15 is 0 Å². The summed E-state index contributed by atoms with van der Waals surface area (Å²) in [6.07, 6.45) is -3.11. The smallest absolute Gasteiger partial charge is 0.330 e. The summed E-state index contributed by atoms with van der Waals surface area (Å²) in [4.78, 5) is 27.7. The number of hydrogen-bond acceptors (Lipinski definition) is 6. The number of aliphatic hydroxyl groups is 3. The number of halogens is 1. The fourth-order valence-electron chi connectivity index (χ4n) is 1.94. The zero-order chi connectivity index (χ0) is 14.9. The molecule has 0 saturated carbocycles. The summed E-state index contributed by atoms with van der Waals surface area (Å²) >= 11 is 3.01. The standard InChI is InChI=1S/C11H13BrN2O6/c12-2-1-5-3-13-11(19)14(9(5)18)10-8(17)7(16)6(15)4-20-10/h1-3,6-8,10,15-17H,4H2,(H,13,19)/t6-,7-,8+,10?/m1/s1. The van der Waals surface area contributed by atoms with Gasteiger partial charge in [-0.3, -0.25) is 4.79 Å². The second kappa shape index (κ2) is 6.02. The fraction of sp³-hybridized carbons (Fsp3) is 0.455. The summed E-state index contributed by atoms with van der Waals surface area (Å²) in [6.45, 7) is -0.298. The van der Waals surface area contributed by atoms with Crippen LogP contribution in [-0.2, 0) is 4.74 Å². The number of nitrogens with zero attached hydrogens (tertiary/aromatic N) is 1. The fourth-order valence-corrected chi connectivity index (χ4v) is 2.22. The number of nitrogens with one attached hydrogen (secondary N) is 1. The third kappa shape index (κ3) is 2.63. The molecule has 110 valence electrons. The first-order chi connectivity index (χ1) is 9.47. The molecule has 2 heterocycles. The predicted molar refractivity (Wildman–Crippen MR) is 72.3 cm³/mol. The zero-order valence-electron chi connectivity index (χ0n) is 10.1. The molecular formula is C11H13BrN2O6. The molecule has 9 heteroatoms. The molecule has 1 fully saturated rings. The maximum absolute atomic E-state index is 12.1. The molecule has 0 amide bonds. The number of hydrogen-bond donors (Lipinski definition) is 4. The molecule has 2 rings (SSSR count). The minimum Gasteiger partial charge on any atom is -0.388 e. The van der Waals surface area contributed by atoms with Gasteiger partial charge in [0.2, 0.25) is 0 Å². The van der Waals surface area contributed by atoms with E-state index in [0.717, 1.165) is 0 Å². The molecule has 1 aliphatic heterocycles. The van der Waals surface area contributed by atoms with E-state index in [-0.39, 0.29) is 12.2 Å². The summed E-state index contributed by atoms with van der Waals surface area (Å²) in [5.74, 6) is 0. The molecule has 1 aromatic heterocycles. The van der Waals surface area contributed by atoms with Crippen molar-refractivity contribution in [3.63, 3.8) is 0 Å². The molecule has 8 nitrogen and oxygen atoms in total. The number of ether oxygens (including phenoxy) is 1. The molecule has 0 spiro atoms. The van der Waals surface area contributed by atoms with Crippen molar-refractivity contribution in [1.82, 2.24) is 9.55 Å². The Morgan fingerprint density at radius 2 is 2.05 bits per heavy atom. The Kier molecular flexibility index (Phi) is 4.55. The average molecular weight is 349 g/mol. The summed E-state index contributed by atoms with van der Waals surface area (Å²) in [6, 6.07) is 0. The summed E-state index contributed by atoms with van der Waals surface area (Å²) in [5, 5.41) is 28.8. The largest absolute Gasteiger partial charge is 0.388 e. The Balaban J connectivity index is 2.50. The minimum atomic E-state index is -1.60. The Labute approximate surface area is 121 Å². The topological polar surface area (TPSA) is 125 Å². The second-order valence-electron chi connectivity index (χ2n) is 4.29. The quantitative estimate of drug-likeness (QED) is 0.516. The first kappa shape index (κ1) is 15.1. The van der Waals surface area contributed by atoms with E-state index in [0.29, 0.717) is 4.57 Å². The van der Waals surface area contributed by atoms with Crippen molar-refractivity contribution >= 4 is 22.0 Å². The van der Waals surface area contributed by atoms with Crippen LogP contribution in [0.15, 0.2) is 20.8 Å². The van der Waals surface area contributed by atoms with E-state index in [1.807, 2.05) is 0 Å². The highest BCUT2D eigenvalue weighted by atomic mass is 79.9. The van der Waals surface area contributed by atoms with Gasteiger partial charge in [-0.2, -0.15) is 0 Å². The first-order valence-corrected chi connectivity index (χ1v) is 6.65. The van der Waals surface area contributed by atoms with Crippen LogP contribution in [0.1, 0.15) is 11.8 Å². The van der Waals surface area contributed by atoms with Crippen LogP contribution in [0.4, 0.5) is 0 Å². The van der Waals surface area contributed by atoms with Gasteiger partial charge in [0.1, 0.15) is 18.3 Å². The third-order valence-electron chi connectivity index (χ3n) is 3.01. The number of aromatic nitrogens is 2. The predicted octanol–water partition coefficient (Wildman–Crippen LogP) is -1.49. The lowest BCUT2D eigenvalue weighted by molar-refractivity contribution is -0.212. The maximum Gasteiger partial charge on any atom is 0.330 e. The molecule has 1 aliphatic rings. The van der Waals surface area contributed by atoms with Crippen LogP contribution in [0.5, 0.6) is 0 Å². The highest BCUT2D eigenvalue weighted by Gasteiger charge is 2.39. The van der Waals surface area contributed by atoms with Crippen LogP contribution < -0.4 is 11.2 Å². The number of aromatic amines is 1. The van der Waals surface area contributed by atoms with Crippen molar-refractivity contribution in [1.29, 1.82) is 0 Å². The average Bonchev–Trinajstić information content (AvgIpc) is 2.42. The van der Waals surface area contributed by atoms with E-state index in [1.165, 1.54) is 17.3 Å². The van der Waals surface area contributed by atoms with Crippen LogP contribution in [0.25, 0.3) is 6.08 Å². The monoisotopic (exact) mass is 348 g/mol. The molecule has 1 unspecified atom stereocenters. The van der Waals surface area contributed by atoms with Gasteiger partial charge < -0.3 is 25.0 Å². The Hall–Kier alpha value is -1.26. The highest BCUT2D eigenvalue weighted by molar-refractivity contribution is 9.11. The van der Waals surface area contributed by atoms with Crippen LogP contribution in [0.2, 0.25) is 0 Å². The number of aliphatic hydroxyl groups excluding tert-OH is 3. The molecule has 0 bridgehead atoms. The van der Waals surface area contributed by atoms with Crippen molar-refractivity contribution in [2.75, 3.05) is 6.61 Å². The molecule has 4 N–H and O–H groups in total. The zero-order valence-corrected chi connectivity index (χ0v) is 11.7. The van der Waals surface area contributed by atoms with E-state index in [9.17, 15) is 24.9 Å². The van der Waals surface area contributed by atoms with E-state index in [4.69, 9.17) is 4.74 Å². The van der Waals surface area contributed by atoms with Gasteiger partial charge in [-0.25, -0.2) is 9.36 Å². The molecule has 0 aliphatic carbocycles. The maximum atomic E-state index is 12.1. The lowest BCUT2D eigenvalue weighted by atomic mass is 10.0. The van der Waals surface area contributed by atoms with Crippen molar-refractivity contribution in [3.8, 4) is 0 Å². The van der Waals surface area contributed by atoms with E-state index in [1.54, 1.807) is 0 Å². The van der Waals surface area contributed by atoms with Gasteiger partial charge in [0.15, 0.2) is 6.23 Å². The Morgan fingerprint density at radius 3 is 2.70 bits per heavy atom. The molecule has 0 radical (unpaired) electrons. The van der Waals surface area contributed by atoms with Gasteiger partial charge in [0.25, 0.3) is 5.56 Å². The lowest BCUT2D eigenvalue weighted by Gasteiger charge is -2.35. The molecule has 20 heavy (non-hydrogen) atoms. The van der Waals surface area contributed by atoms with Crippen LogP contribution >= 0.6 is 15.9 Å². The normalized spacial score (nSPS) is 30.8. The van der Waals surface area contributed by atoms with Crippen LogP contribution in [0.3, 0.4) is 0 Å². The number of H-pyrrole nitrogens is 1. The van der Waals surface area contributed by atoms with Crippen molar-refractivity contribution in [2.45, 2.75) is 24.5 Å². The van der Waals surface area contributed by atoms with Gasteiger partial charge in [-0.15, -0.1) is 0 Å². The van der Waals surface area contributed by atoms with Crippen molar-refractivity contribution in [3.05, 3.63) is 37.6 Å². The Bertz CT molecular complexity index is 624. The SMILES string of the molecule is O=c1[nH]cc(C=CBr)c(=O)n1C1OC[C@@H](O)[C@@H](O)[C@@H]1O. The van der Waals surface area contributed by atoms with E-state index < -0.39 is 35.8 Å². The van der Waals surface area contributed by atoms with Gasteiger partial charge in [-0.1, -0.05) is 15.9 Å². The van der Waals surface area contributed by atoms with Crippen LogP contribution in [-0.4, -0.2) is 49.8 Å². The molecule has 1 aromatic rings. The van der Waals surface area contributed by atoms with Gasteiger partial charge in [-0.05, 0) is 11.1 Å². The Morgan fingerprint density at radius 1 is 1.35 bits per heavy atom. The molecule has 4 atom stereocenters. The molecular weight excluding hydrogens is 336 g/mol. The second-order valence-corrected chi connectivity index (χ2v) is 4.82.